The normalized spacial score (nSPS) is 10.1. The van der Waals surface area contributed by atoms with Gasteiger partial charge in [0, 0.05) is 18.8 Å². The molecule has 0 saturated heterocycles. The Bertz CT molecular complexity index is 156. The average Bonchev–Trinajstić information content (AvgIpc) is 2.41. The van der Waals surface area contributed by atoms with Gasteiger partial charge in [-0.15, -0.1) is 0 Å². The van der Waals surface area contributed by atoms with Gasteiger partial charge in [-0.1, -0.05) is 19.8 Å². The third-order valence-corrected chi connectivity index (χ3v) is 1.47. The molecule has 1 radical (unpaired) electrons. The van der Waals surface area contributed by atoms with Crippen LogP contribution in [0.5, 0.6) is 0 Å². The van der Waals surface area contributed by atoms with Gasteiger partial charge in [-0.25, -0.2) is 4.98 Å². The van der Waals surface area contributed by atoms with Gasteiger partial charge in [-0.3, -0.25) is 0 Å². The third-order valence-electron chi connectivity index (χ3n) is 1.47. The Morgan fingerprint density at radius 3 is 3.00 bits per heavy atom. The van der Waals surface area contributed by atoms with Crippen molar-refractivity contribution in [2.24, 2.45) is 0 Å². The van der Waals surface area contributed by atoms with Crippen LogP contribution in [0.2, 0.25) is 0 Å². The van der Waals surface area contributed by atoms with Gasteiger partial charge in [0.05, 0.1) is 0 Å². The Hall–Kier alpha value is -0.790. The molecule has 1 aromatic rings. The molecule has 0 aromatic carbocycles. The summed E-state index contributed by atoms with van der Waals surface area (Å²) in [6.45, 7) is 3.77. The number of aryl methyl sites for hydroxylation is 1. The molecule has 10 heavy (non-hydrogen) atoms. The van der Waals surface area contributed by atoms with Crippen molar-refractivity contribution >= 4 is 0 Å². The molecule has 1 aromatic heterocycles. The molecule has 2 nitrogen and oxygen atoms in total. The molecule has 0 atom stereocenters. The first-order chi connectivity index (χ1) is 4.93. The highest BCUT2D eigenvalue weighted by molar-refractivity contribution is 4.86. The largest absolute Gasteiger partial charge is 0.349 e. The monoisotopic (exact) mass is 137 g/mol. The second-order valence-corrected chi connectivity index (χ2v) is 2.35. The Morgan fingerprint density at radius 1 is 1.50 bits per heavy atom. The van der Waals surface area contributed by atoms with E-state index in [4.69, 9.17) is 0 Å². The summed E-state index contributed by atoms with van der Waals surface area (Å²) < 4.78 is 0. The fraction of sp³-hybridized carbons (Fsp3) is 0.500. The maximum absolute atomic E-state index is 4.11. The van der Waals surface area contributed by atoms with E-state index < -0.39 is 0 Å². The second kappa shape index (κ2) is 4.09. The number of unbranched alkanes of at least 4 members (excludes halogenated alkanes) is 2. The molecule has 0 saturated carbocycles. The summed E-state index contributed by atoms with van der Waals surface area (Å²) in [6.07, 6.45) is 8.12. The van der Waals surface area contributed by atoms with E-state index in [-0.39, 0.29) is 0 Å². The zero-order chi connectivity index (χ0) is 7.23. The molecule has 1 rings (SSSR count). The first kappa shape index (κ1) is 7.32. The van der Waals surface area contributed by atoms with Crippen LogP contribution in [0, 0.1) is 6.92 Å². The number of H-pyrrole nitrogens is 1. The summed E-state index contributed by atoms with van der Waals surface area (Å²) in [5, 5.41) is 0. The number of aromatic nitrogens is 2. The van der Waals surface area contributed by atoms with Crippen LogP contribution in [0.3, 0.4) is 0 Å². The minimum atomic E-state index is 1.03. The van der Waals surface area contributed by atoms with Crippen LogP contribution < -0.4 is 0 Å². The molecular weight excluding hydrogens is 124 g/mol. The standard InChI is InChI=1S/C8H13N2/c1-2-3-4-5-8-9-6-7-10-8/h6-7H,1-5H2,(H,9,10). The first-order valence-electron chi connectivity index (χ1n) is 3.71. The molecule has 0 unspecified atom stereocenters. The summed E-state index contributed by atoms with van der Waals surface area (Å²) in [5.41, 5.74) is 0. The maximum Gasteiger partial charge on any atom is 0.105 e. The lowest BCUT2D eigenvalue weighted by atomic mass is 10.2. The fourth-order valence-corrected chi connectivity index (χ4v) is 0.904. The predicted octanol–water partition coefficient (Wildman–Crippen LogP) is 1.96. The van der Waals surface area contributed by atoms with Gasteiger partial charge in [0.1, 0.15) is 5.82 Å². The summed E-state index contributed by atoms with van der Waals surface area (Å²) in [4.78, 5) is 7.18. The van der Waals surface area contributed by atoms with Gasteiger partial charge in [0.2, 0.25) is 0 Å². The molecule has 0 fully saturated rings. The van der Waals surface area contributed by atoms with Gasteiger partial charge in [0.25, 0.3) is 0 Å². The zero-order valence-electron chi connectivity index (χ0n) is 6.14. The highest BCUT2D eigenvalue weighted by atomic mass is 14.9. The molecule has 0 amide bonds. The van der Waals surface area contributed by atoms with Crippen LogP contribution >= 0.6 is 0 Å². The molecule has 2 heteroatoms. The van der Waals surface area contributed by atoms with Crippen molar-refractivity contribution in [2.75, 3.05) is 0 Å². The van der Waals surface area contributed by atoms with Gasteiger partial charge >= 0.3 is 0 Å². The fourth-order valence-electron chi connectivity index (χ4n) is 0.904. The number of hydrogen-bond acceptors (Lipinski definition) is 1. The predicted molar refractivity (Wildman–Crippen MR) is 41.5 cm³/mol. The molecular formula is C8H13N2. The number of imidazole rings is 1. The highest BCUT2D eigenvalue weighted by Crippen LogP contribution is 1.99. The summed E-state index contributed by atoms with van der Waals surface area (Å²) in [7, 11) is 0. The third kappa shape index (κ3) is 2.21. The summed E-state index contributed by atoms with van der Waals surface area (Å²) in [6, 6.07) is 0. The molecule has 0 aliphatic carbocycles. The number of nitrogens with zero attached hydrogens (tertiary/aromatic N) is 1. The zero-order valence-corrected chi connectivity index (χ0v) is 6.14. The molecule has 0 bridgehead atoms. The summed E-state index contributed by atoms with van der Waals surface area (Å²) in [5.74, 6) is 1.09. The van der Waals surface area contributed by atoms with Crippen molar-refractivity contribution in [1.29, 1.82) is 0 Å². The molecule has 0 aliphatic rings. The Labute approximate surface area is 61.7 Å². The molecule has 1 heterocycles. The highest BCUT2D eigenvalue weighted by Gasteiger charge is 1.91. The second-order valence-electron chi connectivity index (χ2n) is 2.35. The van der Waals surface area contributed by atoms with E-state index >= 15 is 0 Å². The lowest BCUT2D eigenvalue weighted by Crippen LogP contribution is -1.86. The molecule has 1 N–H and O–H groups in total. The van der Waals surface area contributed by atoms with Crippen LogP contribution in [-0.2, 0) is 6.42 Å². The number of nitrogens with one attached hydrogen (secondary N) is 1. The van der Waals surface area contributed by atoms with Gasteiger partial charge < -0.3 is 4.98 Å². The summed E-state index contributed by atoms with van der Waals surface area (Å²) >= 11 is 0. The lowest BCUT2D eigenvalue weighted by molar-refractivity contribution is 0.723. The lowest BCUT2D eigenvalue weighted by Gasteiger charge is -1.93. The van der Waals surface area contributed by atoms with E-state index in [1.165, 1.54) is 12.8 Å². The molecule has 0 aliphatic heterocycles. The van der Waals surface area contributed by atoms with Crippen LogP contribution in [-0.4, -0.2) is 9.97 Å². The SMILES string of the molecule is [CH2]CCCCc1ncc[nH]1. The van der Waals surface area contributed by atoms with Crippen molar-refractivity contribution in [3.63, 3.8) is 0 Å². The van der Waals surface area contributed by atoms with E-state index in [0.29, 0.717) is 0 Å². The van der Waals surface area contributed by atoms with E-state index in [1.807, 2.05) is 6.20 Å². The van der Waals surface area contributed by atoms with Gasteiger partial charge in [-0.05, 0) is 6.42 Å². The van der Waals surface area contributed by atoms with Crippen molar-refractivity contribution < 1.29 is 0 Å². The van der Waals surface area contributed by atoms with Crippen LogP contribution in [0.25, 0.3) is 0 Å². The van der Waals surface area contributed by atoms with Crippen LogP contribution in [0.1, 0.15) is 25.1 Å². The first-order valence-corrected chi connectivity index (χ1v) is 3.71. The van der Waals surface area contributed by atoms with Crippen molar-refractivity contribution in [1.82, 2.24) is 9.97 Å². The van der Waals surface area contributed by atoms with Crippen LogP contribution in [0.4, 0.5) is 0 Å². The number of hydrogen-bond donors (Lipinski definition) is 1. The number of aromatic amines is 1. The van der Waals surface area contributed by atoms with Crippen molar-refractivity contribution in [3.05, 3.63) is 25.1 Å². The Kier molecular flexibility index (Phi) is 3.00. The topological polar surface area (TPSA) is 28.7 Å². The molecule has 0 spiro atoms. The van der Waals surface area contributed by atoms with E-state index in [0.717, 1.165) is 18.7 Å². The minimum Gasteiger partial charge on any atom is -0.349 e. The number of rotatable bonds is 4. The average molecular weight is 137 g/mol. The van der Waals surface area contributed by atoms with Gasteiger partial charge in [0.15, 0.2) is 0 Å². The smallest absolute Gasteiger partial charge is 0.105 e. The minimum absolute atomic E-state index is 1.03. The van der Waals surface area contributed by atoms with E-state index in [1.54, 1.807) is 6.20 Å². The van der Waals surface area contributed by atoms with Gasteiger partial charge in [-0.2, -0.15) is 0 Å². The maximum atomic E-state index is 4.11. The van der Waals surface area contributed by atoms with Crippen molar-refractivity contribution in [3.8, 4) is 0 Å². The van der Waals surface area contributed by atoms with E-state index in [9.17, 15) is 0 Å². The van der Waals surface area contributed by atoms with Crippen molar-refractivity contribution in [2.45, 2.75) is 25.7 Å². The Balaban J connectivity index is 2.15. The Morgan fingerprint density at radius 2 is 2.40 bits per heavy atom. The molecule has 55 valence electrons. The van der Waals surface area contributed by atoms with Crippen LogP contribution in [0.15, 0.2) is 12.4 Å². The van der Waals surface area contributed by atoms with E-state index in [2.05, 4.69) is 16.9 Å². The quantitative estimate of drug-likeness (QED) is 0.631.